The van der Waals surface area contributed by atoms with Gasteiger partial charge in [0.15, 0.2) is 11.2 Å². The Labute approximate surface area is 147 Å². The maximum absolute atomic E-state index is 12.4. The van der Waals surface area contributed by atoms with Gasteiger partial charge in [0.2, 0.25) is 0 Å². The lowest BCUT2D eigenvalue weighted by Crippen LogP contribution is -2.37. The topological polar surface area (TPSA) is 81.2 Å². The maximum atomic E-state index is 12.4. The number of hydrogen-bond acceptors (Lipinski definition) is 6. The third-order valence-electron chi connectivity index (χ3n) is 3.85. The monoisotopic (exact) mass is 351 g/mol. The van der Waals surface area contributed by atoms with Gasteiger partial charge in [-0.1, -0.05) is 24.3 Å². The van der Waals surface area contributed by atoms with Gasteiger partial charge in [0.1, 0.15) is 5.69 Å². The minimum Gasteiger partial charge on any atom is -0.448 e. The van der Waals surface area contributed by atoms with E-state index in [1.807, 2.05) is 35.7 Å². The lowest BCUT2D eigenvalue weighted by atomic mass is 9.98. The second kappa shape index (κ2) is 6.45. The van der Waals surface area contributed by atoms with Gasteiger partial charge in [-0.2, -0.15) is 0 Å². The maximum Gasteiger partial charge on any atom is 0.339 e. The number of amides is 1. The summed E-state index contributed by atoms with van der Waals surface area (Å²) in [5.41, 5.74) is 2.75. The third-order valence-corrected chi connectivity index (χ3v) is 4.60. The zero-order chi connectivity index (χ0) is 17.2. The van der Waals surface area contributed by atoms with E-state index in [-0.39, 0.29) is 5.91 Å². The van der Waals surface area contributed by atoms with Gasteiger partial charge in [0, 0.05) is 18.0 Å². The molecule has 3 aromatic rings. The van der Waals surface area contributed by atoms with E-state index in [1.165, 1.54) is 11.3 Å². The number of ether oxygens (including phenoxy) is 1. The minimum absolute atomic E-state index is 0.353. The van der Waals surface area contributed by atoms with Crippen LogP contribution in [0.3, 0.4) is 0 Å². The van der Waals surface area contributed by atoms with E-state index < -0.39 is 12.1 Å². The van der Waals surface area contributed by atoms with Crippen LogP contribution in [-0.2, 0) is 16.0 Å². The molecule has 0 spiro atoms. The molecule has 25 heavy (non-hydrogen) atoms. The summed E-state index contributed by atoms with van der Waals surface area (Å²) in [6.07, 6.45) is 1.18. The highest BCUT2D eigenvalue weighted by atomic mass is 32.1. The second-order valence-electron chi connectivity index (χ2n) is 5.50. The first-order valence-corrected chi connectivity index (χ1v) is 8.55. The Morgan fingerprint density at radius 1 is 1.16 bits per heavy atom. The number of carbonyl (C=O) groups is 2. The van der Waals surface area contributed by atoms with Crippen molar-refractivity contribution in [1.29, 1.82) is 0 Å². The molecule has 1 aliphatic rings. The van der Waals surface area contributed by atoms with Crippen molar-refractivity contribution in [3.05, 3.63) is 65.2 Å². The molecule has 1 unspecified atom stereocenters. The van der Waals surface area contributed by atoms with Crippen molar-refractivity contribution < 1.29 is 14.3 Å². The number of benzene rings is 1. The van der Waals surface area contributed by atoms with Gasteiger partial charge >= 0.3 is 5.97 Å². The predicted octanol–water partition coefficient (Wildman–Crippen LogP) is 2.93. The summed E-state index contributed by atoms with van der Waals surface area (Å²) in [6.45, 7) is 0. The summed E-state index contributed by atoms with van der Waals surface area (Å²) in [5, 5.41) is 4.98. The van der Waals surface area contributed by atoms with Crippen molar-refractivity contribution in [2.24, 2.45) is 0 Å². The largest absolute Gasteiger partial charge is 0.448 e. The Kier molecular flexibility index (Phi) is 3.99. The number of esters is 1. The SMILES string of the molecule is O=C1OC(C(=O)Nc2nc(-c3ccccn3)cs2)Cc2ccccc21. The van der Waals surface area contributed by atoms with E-state index in [1.54, 1.807) is 18.3 Å². The molecule has 7 heteroatoms. The molecule has 1 N–H and O–H groups in total. The Balaban J connectivity index is 1.48. The van der Waals surface area contributed by atoms with E-state index in [9.17, 15) is 9.59 Å². The van der Waals surface area contributed by atoms with Gasteiger partial charge < -0.3 is 4.74 Å². The molecular formula is C18H13N3O3S. The Morgan fingerprint density at radius 3 is 2.84 bits per heavy atom. The molecule has 1 aromatic carbocycles. The molecule has 6 nitrogen and oxygen atoms in total. The van der Waals surface area contributed by atoms with Crippen LogP contribution in [0.15, 0.2) is 54.0 Å². The molecule has 0 fully saturated rings. The third kappa shape index (κ3) is 3.14. The van der Waals surface area contributed by atoms with Gasteiger partial charge in [0.05, 0.1) is 11.3 Å². The number of nitrogens with zero attached hydrogens (tertiary/aromatic N) is 2. The smallest absolute Gasteiger partial charge is 0.339 e. The van der Waals surface area contributed by atoms with Crippen LogP contribution in [0.2, 0.25) is 0 Å². The van der Waals surface area contributed by atoms with Crippen molar-refractivity contribution in [2.75, 3.05) is 5.32 Å². The second-order valence-corrected chi connectivity index (χ2v) is 6.36. The number of fused-ring (bicyclic) bond motifs is 1. The van der Waals surface area contributed by atoms with Crippen molar-refractivity contribution in [2.45, 2.75) is 12.5 Å². The van der Waals surface area contributed by atoms with E-state index in [0.717, 1.165) is 11.3 Å². The fourth-order valence-corrected chi connectivity index (χ4v) is 3.33. The quantitative estimate of drug-likeness (QED) is 0.734. The molecule has 1 atom stereocenters. The molecule has 0 bridgehead atoms. The fourth-order valence-electron chi connectivity index (χ4n) is 2.63. The number of nitrogens with one attached hydrogen (secondary N) is 1. The molecule has 0 aliphatic carbocycles. The summed E-state index contributed by atoms with van der Waals surface area (Å²) in [4.78, 5) is 33.0. The first-order chi connectivity index (χ1) is 12.2. The highest BCUT2D eigenvalue weighted by Crippen LogP contribution is 2.25. The standard InChI is InChI=1S/C18H13N3O3S/c22-16(15-9-11-5-1-2-6-12(11)17(23)24-15)21-18-20-14(10-25-18)13-7-3-4-8-19-13/h1-8,10,15H,9H2,(H,20,21,22). The number of hydrogen-bond donors (Lipinski definition) is 1. The van der Waals surface area contributed by atoms with Crippen molar-refractivity contribution in [3.8, 4) is 11.4 Å². The number of anilines is 1. The number of aromatic nitrogens is 2. The minimum atomic E-state index is -0.857. The van der Waals surface area contributed by atoms with Crippen LogP contribution in [0.5, 0.6) is 0 Å². The molecular weight excluding hydrogens is 338 g/mol. The molecule has 0 radical (unpaired) electrons. The first kappa shape index (κ1) is 15.5. The summed E-state index contributed by atoms with van der Waals surface area (Å²) in [6, 6.07) is 12.7. The lowest BCUT2D eigenvalue weighted by Gasteiger charge is -2.23. The Hall–Kier alpha value is -3.06. The predicted molar refractivity (Wildman–Crippen MR) is 93.3 cm³/mol. The van der Waals surface area contributed by atoms with E-state index in [0.29, 0.717) is 22.8 Å². The molecule has 124 valence electrons. The highest BCUT2D eigenvalue weighted by Gasteiger charge is 2.31. The average molecular weight is 351 g/mol. The summed E-state index contributed by atoms with van der Waals surface area (Å²) in [7, 11) is 0. The molecule has 4 rings (SSSR count). The zero-order valence-electron chi connectivity index (χ0n) is 13.0. The van der Waals surface area contributed by atoms with E-state index in [2.05, 4.69) is 15.3 Å². The lowest BCUT2D eigenvalue weighted by molar-refractivity contribution is -0.125. The van der Waals surface area contributed by atoms with Crippen LogP contribution in [0, 0.1) is 0 Å². The summed E-state index contributed by atoms with van der Waals surface area (Å²) >= 11 is 1.30. The molecule has 1 aliphatic heterocycles. The average Bonchev–Trinajstić information content (AvgIpc) is 3.11. The van der Waals surface area contributed by atoms with Crippen LogP contribution < -0.4 is 5.32 Å². The van der Waals surface area contributed by atoms with Crippen molar-refractivity contribution in [1.82, 2.24) is 9.97 Å². The van der Waals surface area contributed by atoms with Crippen molar-refractivity contribution >= 4 is 28.3 Å². The number of thiazole rings is 1. The van der Waals surface area contributed by atoms with Crippen LogP contribution in [0.4, 0.5) is 5.13 Å². The van der Waals surface area contributed by atoms with Crippen LogP contribution >= 0.6 is 11.3 Å². The van der Waals surface area contributed by atoms with Gasteiger partial charge in [-0.25, -0.2) is 9.78 Å². The summed E-state index contributed by atoms with van der Waals surface area (Å²) in [5.74, 6) is -0.861. The van der Waals surface area contributed by atoms with Crippen LogP contribution in [-0.4, -0.2) is 27.9 Å². The molecule has 2 aromatic heterocycles. The van der Waals surface area contributed by atoms with Gasteiger partial charge in [-0.05, 0) is 23.8 Å². The highest BCUT2D eigenvalue weighted by molar-refractivity contribution is 7.14. The Bertz CT molecular complexity index is 940. The van der Waals surface area contributed by atoms with Gasteiger partial charge in [-0.3, -0.25) is 15.1 Å². The fraction of sp³-hybridized carbons (Fsp3) is 0.111. The molecule has 0 saturated heterocycles. The summed E-state index contributed by atoms with van der Waals surface area (Å²) < 4.78 is 5.25. The van der Waals surface area contributed by atoms with E-state index >= 15 is 0 Å². The van der Waals surface area contributed by atoms with E-state index in [4.69, 9.17) is 4.74 Å². The number of cyclic esters (lactones) is 1. The van der Waals surface area contributed by atoms with Crippen molar-refractivity contribution in [3.63, 3.8) is 0 Å². The number of carbonyl (C=O) groups excluding carboxylic acids is 2. The number of rotatable bonds is 3. The van der Waals surface area contributed by atoms with Gasteiger partial charge in [-0.15, -0.1) is 11.3 Å². The Morgan fingerprint density at radius 2 is 2.00 bits per heavy atom. The normalized spacial score (nSPS) is 16.0. The molecule has 3 heterocycles. The number of pyridine rings is 1. The zero-order valence-corrected chi connectivity index (χ0v) is 13.8. The van der Waals surface area contributed by atoms with Gasteiger partial charge in [0.25, 0.3) is 5.91 Å². The van der Waals surface area contributed by atoms with Crippen LogP contribution in [0.1, 0.15) is 15.9 Å². The van der Waals surface area contributed by atoms with Crippen LogP contribution in [0.25, 0.3) is 11.4 Å². The first-order valence-electron chi connectivity index (χ1n) is 7.67. The molecule has 0 saturated carbocycles. The molecule has 1 amide bonds.